The molecule has 1 amide bonds. The third-order valence-corrected chi connectivity index (χ3v) is 1.80. The van der Waals surface area contributed by atoms with E-state index in [9.17, 15) is 9.18 Å². The largest absolute Gasteiger partial charge is 0.326 e. The maximum atomic E-state index is 12.6. The molecular formula is C11H12FNO. The van der Waals surface area contributed by atoms with Gasteiger partial charge in [0, 0.05) is 12.1 Å². The summed E-state index contributed by atoms with van der Waals surface area (Å²) in [6, 6.07) is 5.82. The second-order valence-corrected chi connectivity index (χ2v) is 2.89. The molecule has 0 spiro atoms. The highest BCUT2D eigenvalue weighted by Crippen LogP contribution is 2.10. The third-order valence-electron chi connectivity index (χ3n) is 1.80. The van der Waals surface area contributed by atoms with Crippen LogP contribution in [-0.4, -0.2) is 5.91 Å². The Morgan fingerprint density at radius 2 is 2.00 bits per heavy atom. The van der Waals surface area contributed by atoms with Crippen molar-refractivity contribution in [1.82, 2.24) is 5.32 Å². The molecule has 0 saturated heterocycles. The van der Waals surface area contributed by atoms with Crippen molar-refractivity contribution in [3.05, 3.63) is 42.2 Å². The normalized spacial score (nSPS) is 9.57. The lowest BCUT2D eigenvalue weighted by Gasteiger charge is -2.06. The molecule has 0 atom stereocenters. The average Bonchev–Trinajstić information content (AvgIpc) is 2.18. The Kier molecular flexibility index (Phi) is 3.40. The van der Waals surface area contributed by atoms with E-state index in [0.29, 0.717) is 17.7 Å². The van der Waals surface area contributed by atoms with Crippen molar-refractivity contribution >= 4 is 11.6 Å². The fourth-order valence-electron chi connectivity index (χ4n) is 0.980. The van der Waals surface area contributed by atoms with Crippen LogP contribution in [0, 0.1) is 5.82 Å². The number of nitrogens with one attached hydrogen (secondary N) is 1. The molecule has 0 unspecified atom stereocenters. The minimum atomic E-state index is -0.302. The molecule has 0 saturated carbocycles. The molecule has 2 nitrogen and oxygen atoms in total. The average molecular weight is 193 g/mol. The first-order valence-corrected chi connectivity index (χ1v) is 4.38. The Morgan fingerprint density at radius 1 is 1.43 bits per heavy atom. The zero-order valence-electron chi connectivity index (χ0n) is 8.01. The molecule has 0 radical (unpaired) electrons. The second-order valence-electron chi connectivity index (χ2n) is 2.89. The summed E-state index contributed by atoms with van der Waals surface area (Å²) in [6.45, 7) is 5.45. The minimum Gasteiger partial charge on any atom is -0.326 e. The fraction of sp³-hybridized carbons (Fsp3) is 0.182. The fourth-order valence-corrected chi connectivity index (χ4v) is 0.980. The molecule has 1 aromatic rings. The van der Waals surface area contributed by atoms with Crippen LogP contribution in [0.1, 0.15) is 18.9 Å². The quantitative estimate of drug-likeness (QED) is 0.784. The Labute approximate surface area is 82.4 Å². The van der Waals surface area contributed by atoms with Gasteiger partial charge in [-0.1, -0.05) is 25.6 Å². The molecule has 1 aromatic carbocycles. The Morgan fingerprint density at radius 3 is 2.50 bits per heavy atom. The number of carbonyl (C=O) groups is 1. The van der Waals surface area contributed by atoms with Gasteiger partial charge in [0.25, 0.3) is 0 Å². The van der Waals surface area contributed by atoms with E-state index in [1.807, 2.05) is 0 Å². The summed E-state index contributed by atoms with van der Waals surface area (Å²) in [7, 11) is 0. The smallest absolute Gasteiger partial charge is 0.224 e. The second kappa shape index (κ2) is 4.56. The predicted molar refractivity (Wildman–Crippen MR) is 53.9 cm³/mol. The van der Waals surface area contributed by atoms with E-state index in [0.717, 1.165) is 0 Å². The highest BCUT2D eigenvalue weighted by Gasteiger charge is 2.02. The summed E-state index contributed by atoms with van der Waals surface area (Å²) < 4.78 is 12.6. The van der Waals surface area contributed by atoms with Crippen LogP contribution in [0.2, 0.25) is 0 Å². The Balaban J connectivity index is 2.70. The van der Waals surface area contributed by atoms with Crippen molar-refractivity contribution in [3.63, 3.8) is 0 Å². The van der Waals surface area contributed by atoms with Gasteiger partial charge in [-0.25, -0.2) is 4.39 Å². The van der Waals surface area contributed by atoms with Crippen LogP contribution in [0.4, 0.5) is 4.39 Å². The van der Waals surface area contributed by atoms with Gasteiger partial charge in [-0.05, 0) is 17.7 Å². The van der Waals surface area contributed by atoms with Gasteiger partial charge in [0.05, 0.1) is 0 Å². The molecule has 0 aliphatic carbocycles. The summed E-state index contributed by atoms with van der Waals surface area (Å²) in [5.74, 6) is -0.400. The van der Waals surface area contributed by atoms with Gasteiger partial charge in [0.1, 0.15) is 5.82 Å². The number of hydrogen-bond donors (Lipinski definition) is 1. The molecule has 1 N–H and O–H groups in total. The number of halogens is 1. The maximum absolute atomic E-state index is 12.6. The molecule has 0 heterocycles. The van der Waals surface area contributed by atoms with Crippen LogP contribution in [-0.2, 0) is 4.79 Å². The van der Waals surface area contributed by atoms with Crippen LogP contribution in [0.15, 0.2) is 30.8 Å². The van der Waals surface area contributed by atoms with Gasteiger partial charge in [-0.3, -0.25) is 4.79 Å². The third kappa shape index (κ3) is 2.69. The summed E-state index contributed by atoms with van der Waals surface area (Å²) in [6.07, 6.45) is 0.403. The van der Waals surface area contributed by atoms with Crippen molar-refractivity contribution in [1.29, 1.82) is 0 Å². The van der Waals surface area contributed by atoms with Gasteiger partial charge >= 0.3 is 0 Å². The van der Waals surface area contributed by atoms with E-state index >= 15 is 0 Å². The lowest BCUT2D eigenvalue weighted by atomic mass is 10.1. The van der Waals surface area contributed by atoms with Crippen LogP contribution < -0.4 is 5.32 Å². The van der Waals surface area contributed by atoms with Crippen LogP contribution >= 0.6 is 0 Å². The molecule has 0 fully saturated rings. The number of carbonyl (C=O) groups excluding carboxylic acids is 1. The van der Waals surface area contributed by atoms with Crippen LogP contribution in [0.3, 0.4) is 0 Å². The topological polar surface area (TPSA) is 29.1 Å². The molecule has 74 valence electrons. The van der Waals surface area contributed by atoms with Gasteiger partial charge < -0.3 is 5.32 Å². The number of amides is 1. The predicted octanol–water partition coefficient (Wildman–Crippen LogP) is 2.32. The SMILES string of the molecule is C=C(NC(=O)CC)c1ccc(F)cc1. The van der Waals surface area contributed by atoms with E-state index in [-0.39, 0.29) is 11.7 Å². The van der Waals surface area contributed by atoms with Crippen molar-refractivity contribution in [2.45, 2.75) is 13.3 Å². The highest BCUT2D eigenvalue weighted by atomic mass is 19.1. The molecule has 0 bridgehead atoms. The molecule has 0 aliphatic rings. The summed E-state index contributed by atoms with van der Waals surface area (Å²) in [4.78, 5) is 11.0. The zero-order valence-corrected chi connectivity index (χ0v) is 8.01. The molecule has 0 aliphatic heterocycles. The highest BCUT2D eigenvalue weighted by molar-refractivity contribution is 5.85. The van der Waals surface area contributed by atoms with E-state index < -0.39 is 0 Å². The van der Waals surface area contributed by atoms with Gasteiger partial charge in [0.2, 0.25) is 5.91 Å². The molecule has 1 rings (SSSR count). The minimum absolute atomic E-state index is 0.0978. The number of hydrogen-bond acceptors (Lipinski definition) is 1. The van der Waals surface area contributed by atoms with Crippen molar-refractivity contribution < 1.29 is 9.18 Å². The van der Waals surface area contributed by atoms with Crippen molar-refractivity contribution in [2.24, 2.45) is 0 Å². The van der Waals surface area contributed by atoms with E-state index in [4.69, 9.17) is 0 Å². The summed E-state index contributed by atoms with van der Waals surface area (Å²) >= 11 is 0. The first-order valence-electron chi connectivity index (χ1n) is 4.38. The van der Waals surface area contributed by atoms with E-state index in [1.165, 1.54) is 12.1 Å². The number of benzene rings is 1. The first-order chi connectivity index (χ1) is 6.63. The van der Waals surface area contributed by atoms with Crippen LogP contribution in [0.25, 0.3) is 5.70 Å². The van der Waals surface area contributed by atoms with Gasteiger partial charge in [0.15, 0.2) is 0 Å². The van der Waals surface area contributed by atoms with E-state index in [1.54, 1.807) is 19.1 Å². The summed E-state index contributed by atoms with van der Waals surface area (Å²) in [5.41, 5.74) is 1.21. The first kappa shape index (κ1) is 10.4. The van der Waals surface area contributed by atoms with Crippen molar-refractivity contribution in [3.8, 4) is 0 Å². The van der Waals surface area contributed by atoms with Crippen LogP contribution in [0.5, 0.6) is 0 Å². The zero-order chi connectivity index (χ0) is 10.6. The lowest BCUT2D eigenvalue weighted by molar-refractivity contribution is -0.119. The number of rotatable bonds is 3. The molecule has 14 heavy (non-hydrogen) atoms. The molecular weight excluding hydrogens is 181 g/mol. The lowest BCUT2D eigenvalue weighted by Crippen LogP contribution is -2.19. The van der Waals surface area contributed by atoms with Gasteiger partial charge in [-0.15, -0.1) is 0 Å². The van der Waals surface area contributed by atoms with E-state index in [2.05, 4.69) is 11.9 Å². The monoisotopic (exact) mass is 193 g/mol. The molecule has 0 aromatic heterocycles. The standard InChI is InChI=1S/C11H12FNO/c1-3-11(14)13-8(2)9-4-6-10(12)7-5-9/h4-7H,2-3H2,1H3,(H,13,14). The Hall–Kier alpha value is -1.64. The summed E-state index contributed by atoms with van der Waals surface area (Å²) in [5, 5.41) is 2.61. The van der Waals surface area contributed by atoms with Gasteiger partial charge in [-0.2, -0.15) is 0 Å². The maximum Gasteiger partial charge on any atom is 0.224 e. The molecule has 3 heteroatoms. The van der Waals surface area contributed by atoms with Crippen molar-refractivity contribution in [2.75, 3.05) is 0 Å². The Bertz CT molecular complexity index is 343.